The molecule has 172 valence electrons. The Bertz CT molecular complexity index is 1000. The molecular formula is C26H34ClN3O2. The maximum absolute atomic E-state index is 13.6. The highest BCUT2D eigenvalue weighted by atomic mass is 35.5. The van der Waals surface area contributed by atoms with Gasteiger partial charge >= 0.3 is 0 Å². The van der Waals surface area contributed by atoms with Crippen molar-refractivity contribution in [3.8, 4) is 6.07 Å². The molecule has 0 aliphatic heterocycles. The van der Waals surface area contributed by atoms with Crippen LogP contribution in [0.1, 0.15) is 77.2 Å². The maximum atomic E-state index is 13.6. The van der Waals surface area contributed by atoms with Crippen LogP contribution in [0.5, 0.6) is 0 Å². The molecule has 1 spiro atoms. The van der Waals surface area contributed by atoms with Gasteiger partial charge in [-0.15, -0.1) is 0 Å². The van der Waals surface area contributed by atoms with Crippen LogP contribution >= 0.6 is 11.6 Å². The lowest BCUT2D eigenvalue weighted by Crippen LogP contribution is -2.56. The minimum atomic E-state index is -0.471. The molecular weight excluding hydrogens is 422 g/mol. The van der Waals surface area contributed by atoms with E-state index in [4.69, 9.17) is 16.9 Å². The van der Waals surface area contributed by atoms with Gasteiger partial charge in [-0.3, -0.25) is 4.79 Å². The van der Waals surface area contributed by atoms with Crippen molar-refractivity contribution >= 4 is 17.4 Å². The predicted molar refractivity (Wildman–Crippen MR) is 121 cm³/mol. The smallest absolute Gasteiger partial charge is 0.158 e. The zero-order chi connectivity index (χ0) is 22.5. The number of aliphatic hydroxyl groups is 1. The molecule has 0 saturated heterocycles. The molecule has 7 atom stereocenters. The number of halogens is 1. The van der Waals surface area contributed by atoms with Gasteiger partial charge in [-0.2, -0.15) is 10.4 Å². The van der Waals surface area contributed by atoms with Crippen molar-refractivity contribution in [1.29, 1.82) is 5.26 Å². The van der Waals surface area contributed by atoms with Crippen molar-refractivity contribution in [2.75, 3.05) is 0 Å². The molecule has 6 saturated carbocycles. The molecule has 1 aromatic heterocycles. The van der Waals surface area contributed by atoms with Crippen LogP contribution in [-0.2, 0) is 11.3 Å². The quantitative estimate of drug-likeness (QED) is 0.695. The third kappa shape index (κ3) is 2.66. The highest BCUT2D eigenvalue weighted by Crippen LogP contribution is 2.80. The Morgan fingerprint density at radius 3 is 2.66 bits per heavy atom. The van der Waals surface area contributed by atoms with Gasteiger partial charge in [-0.1, -0.05) is 18.5 Å². The Labute approximate surface area is 195 Å². The number of Topliss-reactive ketones (excluding diaryl/α,β-unsaturated/α-hetero) is 1. The van der Waals surface area contributed by atoms with Gasteiger partial charge in [-0.05, 0) is 105 Å². The molecule has 1 heterocycles. The van der Waals surface area contributed by atoms with Crippen molar-refractivity contribution in [3.63, 3.8) is 0 Å². The van der Waals surface area contributed by atoms with Gasteiger partial charge in [-0.25, -0.2) is 4.68 Å². The first kappa shape index (κ1) is 21.2. The first-order valence-electron chi connectivity index (χ1n) is 12.6. The normalized spacial score (nSPS) is 48.7. The lowest BCUT2D eigenvalue weighted by molar-refractivity contribution is -0.155. The number of ketones is 1. The highest BCUT2D eigenvalue weighted by molar-refractivity contribution is 6.30. The van der Waals surface area contributed by atoms with Gasteiger partial charge in [0.1, 0.15) is 23.3 Å². The van der Waals surface area contributed by atoms with E-state index in [2.05, 4.69) is 12.0 Å². The lowest BCUT2D eigenvalue weighted by Gasteiger charge is -2.63. The third-order valence-electron chi connectivity index (χ3n) is 11.0. The van der Waals surface area contributed by atoms with E-state index in [-0.39, 0.29) is 28.8 Å². The number of carbonyl (C=O) groups excluding carboxylic acids is 1. The molecule has 1 N–H and O–H groups in total. The minimum Gasteiger partial charge on any atom is -0.390 e. The number of nitriles is 1. The number of nitrogens with zero attached hydrogens (tertiary/aromatic N) is 3. The second-order valence-electron chi connectivity index (χ2n) is 12.4. The first-order valence-corrected chi connectivity index (χ1v) is 12.9. The van der Waals surface area contributed by atoms with Crippen LogP contribution in [-0.4, -0.2) is 26.3 Å². The van der Waals surface area contributed by atoms with Crippen molar-refractivity contribution in [1.82, 2.24) is 9.78 Å². The molecule has 0 aromatic carbocycles. The lowest BCUT2D eigenvalue weighted by atomic mass is 9.42. The molecule has 6 fully saturated rings. The third-order valence-corrected chi connectivity index (χ3v) is 11.4. The summed E-state index contributed by atoms with van der Waals surface area (Å²) in [6.45, 7) is 4.63. The van der Waals surface area contributed by atoms with E-state index >= 15 is 0 Å². The van der Waals surface area contributed by atoms with Crippen LogP contribution in [0, 0.1) is 57.7 Å². The Morgan fingerprint density at radius 1 is 1.19 bits per heavy atom. The standard InChI is InChI=1S/C26H34ClN3O2/c1-24(32)7-5-18-15(9-24)3-4-20-19(18)6-8-25(2)22(16-10-26(20,25)11-16)21(31)14-30-23(27)17(12-28)13-29-30/h13,15-16,18-20,22,32H,3-11,14H2,1-2H3/t15-,16-,18+,19-,20-,22-,24-,25-,26+/m1/s1. The van der Waals surface area contributed by atoms with Crippen molar-refractivity contribution in [2.24, 2.45) is 46.3 Å². The van der Waals surface area contributed by atoms with E-state index in [1.807, 2.05) is 13.0 Å². The summed E-state index contributed by atoms with van der Waals surface area (Å²) in [5, 5.41) is 24.3. The summed E-state index contributed by atoms with van der Waals surface area (Å²) < 4.78 is 1.51. The Kier molecular flexibility index (Phi) is 4.52. The van der Waals surface area contributed by atoms with Crippen LogP contribution in [0.25, 0.3) is 0 Å². The number of carbonyl (C=O) groups is 1. The Balaban J connectivity index is 1.24. The molecule has 0 unspecified atom stereocenters. The van der Waals surface area contributed by atoms with Gasteiger partial charge in [0.05, 0.1) is 11.8 Å². The van der Waals surface area contributed by atoms with Crippen LogP contribution < -0.4 is 0 Å². The van der Waals surface area contributed by atoms with Crippen LogP contribution in [0.3, 0.4) is 0 Å². The van der Waals surface area contributed by atoms with Crippen molar-refractivity contribution in [2.45, 2.75) is 83.8 Å². The Hall–Kier alpha value is -1.38. The van der Waals surface area contributed by atoms with E-state index in [1.165, 1.54) is 49.4 Å². The average molecular weight is 456 g/mol. The van der Waals surface area contributed by atoms with Gasteiger partial charge in [0, 0.05) is 5.92 Å². The van der Waals surface area contributed by atoms with E-state index in [1.54, 1.807) is 0 Å². The Morgan fingerprint density at radius 2 is 1.94 bits per heavy atom. The van der Waals surface area contributed by atoms with Gasteiger partial charge in [0.25, 0.3) is 0 Å². The SMILES string of the molecule is C[C@@]1(O)CC[C@H]2[C@H](CC[C@@H]3[C@@H]2CC[C@]2(C)[C@@H](C(=O)Cn4ncc(C#N)c4Cl)[C@H]4C[C@@]32C4)C1. The summed E-state index contributed by atoms with van der Waals surface area (Å²) in [6.07, 6.45) is 11.9. The summed E-state index contributed by atoms with van der Waals surface area (Å²) in [5.74, 6) is 3.84. The highest BCUT2D eigenvalue weighted by Gasteiger charge is 2.75. The molecule has 1 aromatic rings. The summed E-state index contributed by atoms with van der Waals surface area (Å²) >= 11 is 6.28. The van der Waals surface area contributed by atoms with Gasteiger partial charge in [0.15, 0.2) is 5.78 Å². The number of aromatic nitrogens is 2. The fourth-order valence-corrected chi connectivity index (χ4v) is 10.0. The van der Waals surface area contributed by atoms with E-state index in [0.29, 0.717) is 22.8 Å². The zero-order valence-corrected chi connectivity index (χ0v) is 19.9. The molecule has 7 rings (SSSR count). The molecule has 0 amide bonds. The number of fused-ring (bicyclic) bond motifs is 3. The average Bonchev–Trinajstić information content (AvgIpc) is 3.29. The van der Waals surface area contributed by atoms with E-state index in [9.17, 15) is 9.90 Å². The number of hydrogen-bond donors (Lipinski definition) is 1. The van der Waals surface area contributed by atoms with Crippen LogP contribution in [0.2, 0.25) is 5.15 Å². The fraction of sp³-hybridized carbons (Fsp3) is 0.808. The van der Waals surface area contributed by atoms with Gasteiger partial charge in [0.2, 0.25) is 0 Å². The van der Waals surface area contributed by atoms with E-state index < -0.39 is 5.60 Å². The summed E-state index contributed by atoms with van der Waals surface area (Å²) in [5.41, 5.74) is 0.279. The molecule has 6 aliphatic rings. The molecule has 6 heteroatoms. The molecule has 0 radical (unpaired) electrons. The van der Waals surface area contributed by atoms with Crippen molar-refractivity contribution in [3.05, 3.63) is 16.9 Å². The monoisotopic (exact) mass is 455 g/mol. The van der Waals surface area contributed by atoms with Crippen molar-refractivity contribution < 1.29 is 9.90 Å². The molecule has 5 nitrogen and oxygen atoms in total. The number of rotatable bonds is 3. The van der Waals surface area contributed by atoms with E-state index in [0.717, 1.165) is 37.0 Å². The number of hydrogen-bond acceptors (Lipinski definition) is 4. The minimum absolute atomic E-state index is 0.0839. The van der Waals surface area contributed by atoms with Crippen LogP contribution in [0.15, 0.2) is 6.20 Å². The second-order valence-corrected chi connectivity index (χ2v) is 12.7. The molecule has 2 bridgehead atoms. The summed E-state index contributed by atoms with van der Waals surface area (Å²) in [4.78, 5) is 13.6. The molecule has 32 heavy (non-hydrogen) atoms. The topological polar surface area (TPSA) is 78.9 Å². The maximum Gasteiger partial charge on any atom is 0.158 e. The van der Waals surface area contributed by atoms with Crippen LogP contribution in [0.4, 0.5) is 0 Å². The fourth-order valence-electron chi connectivity index (χ4n) is 9.84. The molecule has 6 aliphatic carbocycles. The predicted octanol–water partition coefficient (Wildman–Crippen LogP) is 5.00. The summed E-state index contributed by atoms with van der Waals surface area (Å²) in [7, 11) is 0. The summed E-state index contributed by atoms with van der Waals surface area (Å²) in [6, 6.07) is 2.04. The first-order chi connectivity index (χ1) is 15.2. The largest absolute Gasteiger partial charge is 0.390 e. The van der Waals surface area contributed by atoms with Gasteiger partial charge < -0.3 is 5.11 Å². The second kappa shape index (κ2) is 6.83. The zero-order valence-electron chi connectivity index (χ0n) is 19.2.